The first-order valence-electron chi connectivity index (χ1n) is 6.91. The largest absolute Gasteiger partial charge is 0.350 e. The molecule has 0 aliphatic carbocycles. The summed E-state index contributed by atoms with van der Waals surface area (Å²) < 4.78 is 1.04. The molecule has 1 aromatic carbocycles. The summed E-state index contributed by atoms with van der Waals surface area (Å²) in [5.41, 5.74) is 1.12. The van der Waals surface area contributed by atoms with Crippen LogP contribution in [0.5, 0.6) is 0 Å². The van der Waals surface area contributed by atoms with Gasteiger partial charge in [-0.3, -0.25) is 4.79 Å². The molecule has 0 spiro atoms. The van der Waals surface area contributed by atoms with Crippen molar-refractivity contribution in [3.63, 3.8) is 0 Å². The molecular weight excluding hydrogens is 304 g/mol. The second-order valence-electron chi connectivity index (χ2n) is 5.23. The number of hydrogen-bond acceptors (Lipinski definition) is 2. The maximum absolute atomic E-state index is 12.1. The molecule has 3 nitrogen and oxygen atoms in total. The van der Waals surface area contributed by atoms with Gasteiger partial charge >= 0.3 is 0 Å². The van der Waals surface area contributed by atoms with Crippen molar-refractivity contribution in [2.24, 2.45) is 5.92 Å². The van der Waals surface area contributed by atoms with E-state index in [1.165, 1.54) is 6.42 Å². The van der Waals surface area contributed by atoms with E-state index >= 15 is 0 Å². The van der Waals surface area contributed by atoms with E-state index < -0.39 is 0 Å². The first kappa shape index (κ1) is 14.5. The normalized spacial score (nSPS) is 20.8. The lowest BCUT2D eigenvalue weighted by Gasteiger charge is -2.23. The molecule has 4 heteroatoms. The van der Waals surface area contributed by atoms with E-state index in [0.717, 1.165) is 29.5 Å². The lowest BCUT2D eigenvalue weighted by molar-refractivity contribution is -0.122. The zero-order chi connectivity index (χ0) is 13.7. The standard InChI is InChI=1S/C15H21BrN2O/c1-11(13-6-2-3-7-14(13)16)18-15(19)9-12-5-4-8-17-10-12/h2-3,6-7,11-12,17H,4-5,8-10H2,1H3,(H,18,19). The first-order chi connectivity index (χ1) is 9.16. The summed E-state index contributed by atoms with van der Waals surface area (Å²) in [6.45, 7) is 4.08. The highest BCUT2D eigenvalue weighted by Gasteiger charge is 2.18. The van der Waals surface area contributed by atoms with E-state index in [0.29, 0.717) is 12.3 Å². The predicted octanol–water partition coefficient (Wildman–Crippen LogP) is 3.02. The molecule has 2 rings (SSSR count). The number of rotatable bonds is 4. The molecule has 2 atom stereocenters. The Morgan fingerprint density at radius 1 is 1.53 bits per heavy atom. The maximum atomic E-state index is 12.1. The Morgan fingerprint density at radius 3 is 3.00 bits per heavy atom. The second kappa shape index (κ2) is 7.06. The van der Waals surface area contributed by atoms with Gasteiger partial charge in [0, 0.05) is 10.9 Å². The fourth-order valence-corrected chi connectivity index (χ4v) is 3.19. The fraction of sp³-hybridized carbons (Fsp3) is 0.533. The second-order valence-corrected chi connectivity index (χ2v) is 6.08. The van der Waals surface area contributed by atoms with Crippen LogP contribution in [0.3, 0.4) is 0 Å². The molecule has 1 saturated heterocycles. The van der Waals surface area contributed by atoms with Gasteiger partial charge < -0.3 is 10.6 Å². The van der Waals surface area contributed by atoms with Crippen LogP contribution in [-0.2, 0) is 4.79 Å². The molecule has 0 saturated carbocycles. The first-order valence-corrected chi connectivity index (χ1v) is 7.70. The van der Waals surface area contributed by atoms with Gasteiger partial charge in [0.2, 0.25) is 5.91 Å². The summed E-state index contributed by atoms with van der Waals surface area (Å²) in [5.74, 6) is 0.636. The van der Waals surface area contributed by atoms with Crippen LogP contribution in [0.1, 0.15) is 37.8 Å². The van der Waals surface area contributed by atoms with Crippen LogP contribution < -0.4 is 10.6 Å². The Labute approximate surface area is 123 Å². The average molecular weight is 325 g/mol. The minimum Gasteiger partial charge on any atom is -0.350 e. The molecule has 1 aromatic rings. The van der Waals surface area contributed by atoms with Gasteiger partial charge in [-0.15, -0.1) is 0 Å². The molecule has 0 aromatic heterocycles. The topological polar surface area (TPSA) is 41.1 Å². The highest BCUT2D eigenvalue weighted by molar-refractivity contribution is 9.10. The number of benzene rings is 1. The molecule has 19 heavy (non-hydrogen) atoms. The summed E-state index contributed by atoms with van der Waals surface area (Å²) in [7, 11) is 0. The van der Waals surface area contributed by atoms with Crippen LogP contribution >= 0.6 is 15.9 Å². The zero-order valence-electron chi connectivity index (χ0n) is 11.3. The lowest BCUT2D eigenvalue weighted by atomic mass is 9.95. The number of carbonyl (C=O) groups excluding carboxylic acids is 1. The minimum atomic E-state index is 0.0413. The van der Waals surface area contributed by atoms with Gasteiger partial charge in [-0.2, -0.15) is 0 Å². The van der Waals surface area contributed by atoms with Crippen molar-refractivity contribution in [2.45, 2.75) is 32.2 Å². The molecule has 1 aliphatic rings. The number of piperidine rings is 1. The monoisotopic (exact) mass is 324 g/mol. The molecule has 1 amide bonds. The number of carbonyl (C=O) groups is 1. The van der Waals surface area contributed by atoms with Crippen molar-refractivity contribution in [2.75, 3.05) is 13.1 Å². The van der Waals surface area contributed by atoms with Gasteiger partial charge in [0.25, 0.3) is 0 Å². The van der Waals surface area contributed by atoms with Crippen molar-refractivity contribution in [1.29, 1.82) is 0 Å². The van der Waals surface area contributed by atoms with Crippen molar-refractivity contribution in [3.8, 4) is 0 Å². The Hall–Kier alpha value is -0.870. The number of halogens is 1. The molecule has 1 aliphatic heterocycles. The van der Waals surface area contributed by atoms with Crippen molar-refractivity contribution in [3.05, 3.63) is 34.3 Å². The van der Waals surface area contributed by atoms with Gasteiger partial charge in [-0.05, 0) is 50.4 Å². The van der Waals surface area contributed by atoms with Crippen LogP contribution in [0.2, 0.25) is 0 Å². The molecule has 104 valence electrons. The highest BCUT2D eigenvalue weighted by Crippen LogP contribution is 2.23. The van der Waals surface area contributed by atoms with Crippen molar-refractivity contribution < 1.29 is 4.79 Å². The van der Waals surface area contributed by atoms with E-state index in [9.17, 15) is 4.79 Å². The van der Waals surface area contributed by atoms with E-state index in [1.807, 2.05) is 31.2 Å². The molecule has 2 unspecified atom stereocenters. The molecule has 2 N–H and O–H groups in total. The number of hydrogen-bond donors (Lipinski definition) is 2. The smallest absolute Gasteiger partial charge is 0.220 e. The van der Waals surface area contributed by atoms with Crippen LogP contribution in [-0.4, -0.2) is 19.0 Å². The van der Waals surface area contributed by atoms with E-state index in [-0.39, 0.29) is 11.9 Å². The van der Waals surface area contributed by atoms with Crippen molar-refractivity contribution in [1.82, 2.24) is 10.6 Å². The van der Waals surface area contributed by atoms with Gasteiger partial charge in [-0.1, -0.05) is 34.1 Å². The Balaban J connectivity index is 1.86. The summed E-state index contributed by atoms with van der Waals surface area (Å²) in [4.78, 5) is 12.1. The third-order valence-corrected chi connectivity index (χ3v) is 4.34. The van der Waals surface area contributed by atoms with E-state index in [1.54, 1.807) is 0 Å². The van der Waals surface area contributed by atoms with Crippen LogP contribution in [0, 0.1) is 5.92 Å². The fourth-order valence-electron chi connectivity index (χ4n) is 2.56. The molecule has 1 fully saturated rings. The van der Waals surface area contributed by atoms with Gasteiger partial charge in [-0.25, -0.2) is 0 Å². The summed E-state index contributed by atoms with van der Waals surface area (Å²) in [6, 6.07) is 8.06. The number of amides is 1. The van der Waals surface area contributed by atoms with Crippen LogP contribution in [0.4, 0.5) is 0 Å². The van der Waals surface area contributed by atoms with Crippen molar-refractivity contribution >= 4 is 21.8 Å². The average Bonchev–Trinajstić information content (AvgIpc) is 2.40. The molecular formula is C15H21BrN2O. The zero-order valence-corrected chi connectivity index (χ0v) is 12.9. The molecule has 0 radical (unpaired) electrons. The van der Waals surface area contributed by atoms with E-state index in [2.05, 4.69) is 26.6 Å². The van der Waals surface area contributed by atoms with Gasteiger partial charge in [0.05, 0.1) is 6.04 Å². The third kappa shape index (κ3) is 4.32. The maximum Gasteiger partial charge on any atom is 0.220 e. The van der Waals surface area contributed by atoms with Crippen LogP contribution in [0.25, 0.3) is 0 Å². The minimum absolute atomic E-state index is 0.0413. The third-order valence-electron chi connectivity index (χ3n) is 3.62. The summed E-state index contributed by atoms with van der Waals surface area (Å²) >= 11 is 3.52. The SMILES string of the molecule is CC(NC(=O)CC1CCCNC1)c1ccccc1Br. The van der Waals surface area contributed by atoms with Gasteiger partial charge in [0.1, 0.15) is 0 Å². The number of nitrogens with one attached hydrogen (secondary N) is 2. The highest BCUT2D eigenvalue weighted by atomic mass is 79.9. The van der Waals surface area contributed by atoms with E-state index in [4.69, 9.17) is 0 Å². The van der Waals surface area contributed by atoms with Crippen LogP contribution in [0.15, 0.2) is 28.7 Å². The Kier molecular flexibility index (Phi) is 5.40. The Bertz CT molecular complexity index is 430. The molecule has 1 heterocycles. The van der Waals surface area contributed by atoms with Gasteiger partial charge in [0.15, 0.2) is 0 Å². The predicted molar refractivity (Wildman–Crippen MR) is 80.9 cm³/mol. The summed E-state index contributed by atoms with van der Waals surface area (Å²) in [5, 5.41) is 6.43. The molecule has 0 bridgehead atoms. The summed E-state index contributed by atoms with van der Waals surface area (Å²) in [6.07, 6.45) is 2.96. The lowest BCUT2D eigenvalue weighted by Crippen LogP contribution is -2.35. The quantitative estimate of drug-likeness (QED) is 0.893. The Morgan fingerprint density at radius 2 is 2.32 bits per heavy atom.